The third kappa shape index (κ3) is 8.80. The average Bonchev–Trinajstić information content (AvgIpc) is 3.54. The zero-order valence-corrected chi connectivity index (χ0v) is 20.5. The van der Waals surface area contributed by atoms with Gasteiger partial charge in [-0.2, -0.15) is 0 Å². The van der Waals surface area contributed by atoms with Crippen molar-refractivity contribution in [3.05, 3.63) is 129 Å². The van der Waals surface area contributed by atoms with Gasteiger partial charge in [0.25, 0.3) is 0 Å². The van der Waals surface area contributed by atoms with E-state index in [9.17, 15) is 0 Å². The van der Waals surface area contributed by atoms with E-state index in [0.717, 1.165) is 22.1 Å². The topological polar surface area (TPSA) is 220 Å². The van der Waals surface area contributed by atoms with Gasteiger partial charge in [-0.1, -0.05) is 24.3 Å². The number of imidazole rings is 2. The number of fused-ring (bicyclic) bond motifs is 2. The first kappa shape index (κ1) is 29.7. The van der Waals surface area contributed by atoms with Crippen LogP contribution in [0.2, 0.25) is 0 Å². The molecule has 0 aliphatic carbocycles. The van der Waals surface area contributed by atoms with Gasteiger partial charge in [0.1, 0.15) is 12.7 Å². The van der Waals surface area contributed by atoms with Crippen LogP contribution in [0.3, 0.4) is 0 Å². The number of aromatic nitrogens is 8. The molecular formula is C22H16N10NiO6. The molecule has 39 heavy (non-hydrogen) atoms. The van der Waals surface area contributed by atoms with Crippen molar-refractivity contribution < 1.29 is 26.7 Å². The van der Waals surface area contributed by atoms with Gasteiger partial charge in [-0.25, -0.2) is 29.9 Å². The Balaban J connectivity index is 0.000000212. The summed E-state index contributed by atoms with van der Waals surface area (Å²) in [4.78, 5) is 41.8. The monoisotopic (exact) mass is 574 g/mol. The van der Waals surface area contributed by atoms with Gasteiger partial charge in [-0.3, -0.25) is 9.13 Å². The Morgan fingerprint density at radius 3 is 1.15 bits per heavy atom. The van der Waals surface area contributed by atoms with Gasteiger partial charge in [0.15, 0.2) is 0 Å². The molecule has 0 atom stereocenters. The average molecular weight is 575 g/mol. The fraction of sp³-hybridized carbons (Fsp3) is 0. The predicted molar refractivity (Wildman–Crippen MR) is 134 cm³/mol. The van der Waals surface area contributed by atoms with Crippen molar-refractivity contribution in [1.82, 2.24) is 39.0 Å². The van der Waals surface area contributed by atoms with Crippen LogP contribution in [0.1, 0.15) is 0 Å². The second kappa shape index (κ2) is 14.9. The maximum atomic E-state index is 8.25. The summed E-state index contributed by atoms with van der Waals surface area (Å²) in [6, 6.07) is 19.4. The smallest absolute Gasteiger partial charge is 0.356 e. The third-order valence-corrected chi connectivity index (χ3v) is 4.44. The molecule has 0 fully saturated rings. The Morgan fingerprint density at radius 2 is 0.821 bits per heavy atom. The predicted octanol–water partition coefficient (Wildman–Crippen LogP) is 3.15. The van der Waals surface area contributed by atoms with Crippen molar-refractivity contribution in [3.8, 4) is 11.9 Å². The van der Waals surface area contributed by atoms with Crippen LogP contribution in [0, 0.1) is 30.6 Å². The first-order chi connectivity index (χ1) is 18.4. The van der Waals surface area contributed by atoms with Gasteiger partial charge in [0.05, 0.1) is 32.2 Å². The number of hydrogen-bond donors (Lipinski definition) is 0. The van der Waals surface area contributed by atoms with Gasteiger partial charge in [-0.15, -0.1) is 0 Å². The molecule has 0 saturated carbocycles. The summed E-state index contributed by atoms with van der Waals surface area (Å²) in [5, 5.41) is 29.5. The van der Waals surface area contributed by atoms with Crippen LogP contribution >= 0.6 is 0 Å². The fourth-order valence-corrected chi connectivity index (χ4v) is 3.07. The summed E-state index contributed by atoms with van der Waals surface area (Å²) >= 11 is 0. The SMILES string of the molecule is O=[N+]([O-])[O-].O=[N+]([O-])[O-].[Ni+2].c1cnc(-n2cnc3ccccc32)nc1.c1cnc(-n2cnc3ccccc32)nc1. The van der Waals surface area contributed by atoms with Crippen molar-refractivity contribution in [1.29, 1.82) is 0 Å². The quantitative estimate of drug-likeness (QED) is 0.165. The summed E-state index contributed by atoms with van der Waals surface area (Å²) in [5.41, 5.74) is 3.93. The number of benzene rings is 2. The van der Waals surface area contributed by atoms with Crippen LogP contribution in [0.4, 0.5) is 0 Å². The van der Waals surface area contributed by atoms with Crippen LogP contribution in [0.5, 0.6) is 0 Å². The molecule has 0 aliphatic heterocycles. The fourth-order valence-electron chi connectivity index (χ4n) is 3.07. The largest absolute Gasteiger partial charge is 2.00 e. The van der Waals surface area contributed by atoms with Gasteiger partial charge < -0.3 is 30.6 Å². The Hall–Kier alpha value is -5.57. The van der Waals surface area contributed by atoms with Crippen molar-refractivity contribution >= 4 is 22.1 Å². The van der Waals surface area contributed by atoms with Crippen LogP contribution < -0.4 is 0 Å². The van der Waals surface area contributed by atoms with Gasteiger partial charge in [0, 0.05) is 24.8 Å². The van der Waals surface area contributed by atoms with E-state index in [0.29, 0.717) is 11.9 Å². The molecule has 16 nitrogen and oxygen atoms in total. The van der Waals surface area contributed by atoms with E-state index in [1.54, 1.807) is 49.6 Å². The molecule has 4 heterocycles. The molecule has 6 rings (SSSR count). The van der Waals surface area contributed by atoms with Crippen molar-refractivity contribution in [2.75, 3.05) is 0 Å². The first-order valence-electron chi connectivity index (χ1n) is 10.4. The molecule has 0 bridgehead atoms. The van der Waals surface area contributed by atoms with Crippen LogP contribution in [-0.2, 0) is 16.5 Å². The molecule has 2 aromatic carbocycles. The Kier molecular flexibility index (Phi) is 11.3. The van der Waals surface area contributed by atoms with Crippen LogP contribution in [0.15, 0.2) is 98.1 Å². The van der Waals surface area contributed by atoms with Crippen LogP contribution in [-0.4, -0.2) is 49.2 Å². The molecule has 0 N–H and O–H groups in total. The molecule has 0 aliphatic rings. The van der Waals surface area contributed by atoms with E-state index >= 15 is 0 Å². The minimum absolute atomic E-state index is 0. The zero-order chi connectivity index (χ0) is 27.3. The van der Waals surface area contributed by atoms with Gasteiger partial charge in [-0.05, 0) is 36.4 Å². The standard InChI is InChI=1S/2C11H8N4.2NO3.Ni/c2*1-2-5-10-9(4-1)14-8-15(10)11-12-6-3-7-13-11;2*2-1(3)4;/h2*1-8H;;;/q;;2*-1;+2. The molecule has 0 unspecified atom stereocenters. The zero-order valence-electron chi connectivity index (χ0n) is 19.5. The summed E-state index contributed by atoms with van der Waals surface area (Å²) in [6.45, 7) is 0. The van der Waals surface area contributed by atoms with Crippen molar-refractivity contribution in [2.45, 2.75) is 0 Å². The maximum absolute atomic E-state index is 8.25. The number of rotatable bonds is 2. The molecular weight excluding hydrogens is 559 g/mol. The summed E-state index contributed by atoms with van der Waals surface area (Å²) in [7, 11) is 0. The Bertz CT molecular complexity index is 1490. The molecule has 200 valence electrons. The number of hydrogen-bond acceptors (Lipinski definition) is 12. The van der Waals surface area contributed by atoms with E-state index < -0.39 is 10.2 Å². The van der Waals surface area contributed by atoms with E-state index in [1.165, 1.54) is 0 Å². The van der Waals surface area contributed by atoms with E-state index in [4.69, 9.17) is 30.6 Å². The normalized spacial score (nSPS) is 9.44. The number of para-hydroxylation sites is 4. The Morgan fingerprint density at radius 1 is 0.513 bits per heavy atom. The van der Waals surface area contributed by atoms with Gasteiger partial charge >= 0.3 is 16.5 Å². The second-order valence-electron chi connectivity index (χ2n) is 6.75. The molecule has 0 saturated heterocycles. The first-order valence-corrected chi connectivity index (χ1v) is 10.4. The maximum Gasteiger partial charge on any atom is 2.00 e. The molecule has 6 aromatic rings. The summed E-state index contributed by atoms with van der Waals surface area (Å²) < 4.78 is 3.74. The van der Waals surface area contributed by atoms with Crippen molar-refractivity contribution in [2.24, 2.45) is 0 Å². The van der Waals surface area contributed by atoms with E-state index in [-0.39, 0.29) is 16.5 Å². The van der Waals surface area contributed by atoms with Crippen molar-refractivity contribution in [3.63, 3.8) is 0 Å². The van der Waals surface area contributed by atoms with E-state index in [1.807, 2.05) is 57.7 Å². The molecule has 17 heteroatoms. The molecule has 0 spiro atoms. The third-order valence-electron chi connectivity index (χ3n) is 4.44. The van der Waals surface area contributed by atoms with Crippen LogP contribution in [0.25, 0.3) is 34.0 Å². The van der Waals surface area contributed by atoms with E-state index in [2.05, 4.69) is 29.9 Å². The summed E-state index contributed by atoms with van der Waals surface area (Å²) in [6.07, 6.45) is 10.3. The molecule has 4 aromatic heterocycles. The minimum Gasteiger partial charge on any atom is -0.356 e. The minimum atomic E-state index is -1.75. The second-order valence-corrected chi connectivity index (χ2v) is 6.75. The molecule has 0 radical (unpaired) electrons. The van der Waals surface area contributed by atoms with Gasteiger partial charge in [0.2, 0.25) is 11.9 Å². The molecule has 0 amide bonds. The Labute approximate surface area is 228 Å². The number of nitrogens with zero attached hydrogens (tertiary/aromatic N) is 10. The summed E-state index contributed by atoms with van der Waals surface area (Å²) in [5.74, 6) is 1.29.